The van der Waals surface area contributed by atoms with Crippen LogP contribution in [0.4, 0.5) is 13.2 Å². The fourth-order valence-corrected chi connectivity index (χ4v) is 1.16. The van der Waals surface area contributed by atoms with Gasteiger partial charge < -0.3 is 5.73 Å². The van der Waals surface area contributed by atoms with Gasteiger partial charge in [-0.15, -0.1) is 0 Å². The van der Waals surface area contributed by atoms with Crippen molar-refractivity contribution in [2.24, 2.45) is 5.73 Å². The molecular formula is C8H13F3N4. The van der Waals surface area contributed by atoms with Crippen molar-refractivity contribution in [2.45, 2.75) is 38.5 Å². The van der Waals surface area contributed by atoms with Crippen molar-refractivity contribution in [3.63, 3.8) is 0 Å². The minimum Gasteiger partial charge on any atom is -0.320 e. The number of hydrogen-bond donors (Lipinski definition) is 1. The quantitative estimate of drug-likeness (QED) is 0.838. The van der Waals surface area contributed by atoms with Crippen LogP contribution in [0.1, 0.15) is 25.7 Å². The molecule has 0 amide bonds. The highest BCUT2D eigenvalue weighted by molar-refractivity contribution is 4.92. The second kappa shape index (κ2) is 4.18. The van der Waals surface area contributed by atoms with Gasteiger partial charge in [-0.05, 0) is 13.8 Å². The SMILES string of the molecule is CC(C)n1ncnc1CC(N)C(F)(F)F. The highest BCUT2D eigenvalue weighted by Crippen LogP contribution is 2.21. The van der Waals surface area contributed by atoms with Crippen LogP contribution in [0.5, 0.6) is 0 Å². The summed E-state index contributed by atoms with van der Waals surface area (Å²) in [5.74, 6) is 0.259. The molecule has 1 atom stereocenters. The Bertz CT molecular complexity index is 318. The highest BCUT2D eigenvalue weighted by atomic mass is 19.4. The van der Waals surface area contributed by atoms with Crippen LogP contribution in [0.2, 0.25) is 0 Å². The Balaban J connectivity index is 2.77. The van der Waals surface area contributed by atoms with E-state index in [0.717, 1.165) is 0 Å². The normalized spacial score (nSPS) is 14.6. The molecule has 4 nitrogen and oxygen atoms in total. The van der Waals surface area contributed by atoms with Crippen LogP contribution < -0.4 is 5.73 Å². The number of alkyl halides is 3. The van der Waals surface area contributed by atoms with Crippen molar-refractivity contribution in [1.29, 1.82) is 0 Å². The molecule has 2 N–H and O–H groups in total. The third-order valence-corrected chi connectivity index (χ3v) is 1.96. The van der Waals surface area contributed by atoms with Crippen LogP contribution in [0, 0.1) is 0 Å². The second-order valence-electron chi connectivity index (χ2n) is 3.57. The first-order chi connectivity index (χ1) is 6.82. The largest absolute Gasteiger partial charge is 0.404 e. The Morgan fingerprint density at radius 1 is 1.47 bits per heavy atom. The van der Waals surface area contributed by atoms with Crippen LogP contribution in [-0.4, -0.2) is 27.0 Å². The van der Waals surface area contributed by atoms with Gasteiger partial charge in [0, 0.05) is 12.5 Å². The first kappa shape index (κ1) is 12.0. The van der Waals surface area contributed by atoms with Crippen molar-refractivity contribution >= 4 is 0 Å². The molecule has 1 aromatic rings. The molecule has 7 heteroatoms. The molecule has 1 aromatic heterocycles. The molecule has 0 aliphatic heterocycles. The second-order valence-corrected chi connectivity index (χ2v) is 3.57. The van der Waals surface area contributed by atoms with E-state index in [0.29, 0.717) is 0 Å². The molecule has 0 aliphatic rings. The molecule has 0 spiro atoms. The van der Waals surface area contributed by atoms with Gasteiger partial charge in [0.15, 0.2) is 0 Å². The monoisotopic (exact) mass is 222 g/mol. The van der Waals surface area contributed by atoms with Gasteiger partial charge in [0.1, 0.15) is 18.2 Å². The van der Waals surface area contributed by atoms with Crippen LogP contribution in [0.3, 0.4) is 0 Å². The predicted molar refractivity (Wildman–Crippen MR) is 48.1 cm³/mol. The van der Waals surface area contributed by atoms with Crippen molar-refractivity contribution in [3.05, 3.63) is 12.2 Å². The maximum Gasteiger partial charge on any atom is 0.404 e. The third kappa shape index (κ3) is 2.92. The number of aromatic nitrogens is 3. The maximum atomic E-state index is 12.2. The summed E-state index contributed by atoms with van der Waals surface area (Å²) >= 11 is 0. The van der Waals surface area contributed by atoms with Crippen molar-refractivity contribution in [3.8, 4) is 0 Å². The highest BCUT2D eigenvalue weighted by Gasteiger charge is 2.37. The van der Waals surface area contributed by atoms with E-state index in [1.54, 1.807) is 0 Å². The maximum absolute atomic E-state index is 12.2. The minimum absolute atomic E-state index is 0.0251. The van der Waals surface area contributed by atoms with E-state index in [2.05, 4.69) is 10.1 Å². The summed E-state index contributed by atoms with van der Waals surface area (Å²) < 4.78 is 38.0. The summed E-state index contributed by atoms with van der Waals surface area (Å²) in [7, 11) is 0. The lowest BCUT2D eigenvalue weighted by atomic mass is 10.2. The fraction of sp³-hybridized carbons (Fsp3) is 0.750. The van der Waals surface area contributed by atoms with Crippen LogP contribution >= 0.6 is 0 Å². The molecule has 86 valence electrons. The molecule has 1 unspecified atom stereocenters. The van der Waals surface area contributed by atoms with Crippen molar-refractivity contribution in [1.82, 2.24) is 14.8 Å². The molecule has 0 bridgehead atoms. The third-order valence-electron chi connectivity index (χ3n) is 1.96. The zero-order chi connectivity index (χ0) is 11.6. The molecule has 1 rings (SSSR count). The summed E-state index contributed by atoms with van der Waals surface area (Å²) in [6.07, 6.45) is -3.51. The average molecular weight is 222 g/mol. The zero-order valence-corrected chi connectivity index (χ0v) is 8.49. The van der Waals surface area contributed by atoms with Gasteiger partial charge in [-0.25, -0.2) is 9.67 Å². The summed E-state index contributed by atoms with van der Waals surface area (Å²) in [6, 6.07) is -1.91. The van der Waals surface area contributed by atoms with Crippen LogP contribution in [-0.2, 0) is 6.42 Å². The molecule has 0 aliphatic carbocycles. The van der Waals surface area contributed by atoms with Crippen LogP contribution in [0.25, 0.3) is 0 Å². The predicted octanol–water partition coefficient (Wildman–Crippen LogP) is 1.29. The molecule has 1 heterocycles. The van der Waals surface area contributed by atoms with E-state index in [1.165, 1.54) is 11.0 Å². The molecule has 0 fully saturated rings. The topological polar surface area (TPSA) is 56.7 Å². The van der Waals surface area contributed by atoms with Gasteiger partial charge >= 0.3 is 6.18 Å². The van der Waals surface area contributed by atoms with E-state index in [-0.39, 0.29) is 18.3 Å². The summed E-state index contributed by atoms with van der Waals surface area (Å²) in [6.45, 7) is 3.63. The van der Waals surface area contributed by atoms with Crippen molar-refractivity contribution < 1.29 is 13.2 Å². The summed E-state index contributed by atoms with van der Waals surface area (Å²) in [5.41, 5.74) is 5.00. The van der Waals surface area contributed by atoms with E-state index in [1.807, 2.05) is 13.8 Å². The van der Waals surface area contributed by atoms with Gasteiger partial charge in [-0.3, -0.25) is 0 Å². The standard InChI is InChI=1S/C8H13F3N4/c1-5(2)15-7(13-4-14-15)3-6(12)8(9,10)11/h4-6H,3,12H2,1-2H3. The van der Waals surface area contributed by atoms with Crippen LogP contribution in [0.15, 0.2) is 6.33 Å². The zero-order valence-electron chi connectivity index (χ0n) is 8.49. The van der Waals surface area contributed by atoms with Gasteiger partial charge in [0.2, 0.25) is 0 Å². The molecule has 0 aromatic carbocycles. The first-order valence-corrected chi connectivity index (χ1v) is 4.53. The molecule has 0 saturated carbocycles. The smallest absolute Gasteiger partial charge is 0.320 e. The first-order valence-electron chi connectivity index (χ1n) is 4.53. The van der Waals surface area contributed by atoms with E-state index >= 15 is 0 Å². The van der Waals surface area contributed by atoms with E-state index in [9.17, 15) is 13.2 Å². The summed E-state index contributed by atoms with van der Waals surface area (Å²) in [4.78, 5) is 3.76. The molecular weight excluding hydrogens is 209 g/mol. The van der Waals surface area contributed by atoms with Gasteiger partial charge in [-0.1, -0.05) is 0 Å². The fourth-order valence-electron chi connectivity index (χ4n) is 1.16. The van der Waals surface area contributed by atoms with Gasteiger partial charge in [0.25, 0.3) is 0 Å². The number of rotatable bonds is 3. The Morgan fingerprint density at radius 3 is 2.53 bits per heavy atom. The number of halogens is 3. The van der Waals surface area contributed by atoms with Gasteiger partial charge in [-0.2, -0.15) is 18.3 Å². The Hall–Kier alpha value is -1.11. The molecule has 15 heavy (non-hydrogen) atoms. The lowest BCUT2D eigenvalue weighted by Gasteiger charge is -2.16. The lowest BCUT2D eigenvalue weighted by molar-refractivity contribution is -0.147. The Labute approximate surface area is 85.3 Å². The van der Waals surface area contributed by atoms with E-state index in [4.69, 9.17) is 5.73 Å². The molecule has 0 saturated heterocycles. The molecule has 0 radical (unpaired) electrons. The Kier molecular flexibility index (Phi) is 3.33. The van der Waals surface area contributed by atoms with E-state index < -0.39 is 12.2 Å². The van der Waals surface area contributed by atoms with Crippen molar-refractivity contribution in [2.75, 3.05) is 0 Å². The Morgan fingerprint density at radius 2 is 2.07 bits per heavy atom. The summed E-state index contributed by atoms with van der Waals surface area (Å²) in [5, 5.41) is 3.83. The number of hydrogen-bond acceptors (Lipinski definition) is 3. The number of nitrogens with two attached hydrogens (primary N) is 1. The van der Waals surface area contributed by atoms with Gasteiger partial charge in [0.05, 0.1) is 0 Å². The number of nitrogens with zero attached hydrogens (tertiary/aromatic N) is 3. The average Bonchev–Trinajstić information content (AvgIpc) is 2.50. The lowest BCUT2D eigenvalue weighted by Crippen LogP contribution is -2.40. The minimum atomic E-state index is -4.40.